The summed E-state index contributed by atoms with van der Waals surface area (Å²) in [6, 6.07) is 8.82. The van der Waals surface area contributed by atoms with E-state index >= 15 is 0 Å². The molecule has 1 unspecified atom stereocenters. The lowest BCUT2D eigenvalue weighted by molar-refractivity contribution is 0.114. The molecule has 5 nitrogen and oxygen atoms in total. The van der Waals surface area contributed by atoms with Gasteiger partial charge in [0.25, 0.3) is 0 Å². The highest BCUT2D eigenvalue weighted by Crippen LogP contribution is 2.33. The minimum Gasteiger partial charge on any atom is -0.449 e. The van der Waals surface area contributed by atoms with Crippen LogP contribution < -0.4 is 11.1 Å². The lowest BCUT2D eigenvalue weighted by atomic mass is 9.83. The van der Waals surface area contributed by atoms with Gasteiger partial charge in [-0.25, -0.2) is 4.99 Å². The topological polar surface area (TPSA) is 72.0 Å². The molecule has 27 heavy (non-hydrogen) atoms. The van der Waals surface area contributed by atoms with E-state index in [4.69, 9.17) is 15.5 Å². The van der Waals surface area contributed by atoms with Crippen LogP contribution in [0.3, 0.4) is 0 Å². The Balaban J connectivity index is 1.98. The average molecular weight is 369 g/mol. The molecule has 0 bridgehead atoms. The predicted octanol–water partition coefficient (Wildman–Crippen LogP) is 4.10. The zero-order chi connectivity index (χ0) is 19.4. The number of aliphatic imine (C=N–C) groups is 2. The van der Waals surface area contributed by atoms with E-state index in [1.165, 1.54) is 37.7 Å². The van der Waals surface area contributed by atoms with Gasteiger partial charge in [-0.1, -0.05) is 43.5 Å². The Morgan fingerprint density at radius 3 is 2.48 bits per heavy atom. The Hall–Kier alpha value is -2.14. The molecule has 5 heteroatoms. The minimum absolute atomic E-state index is 0.497. The van der Waals surface area contributed by atoms with Crippen LogP contribution in [0.15, 0.2) is 45.6 Å². The number of hydrogen-bond donors (Lipinski definition) is 2. The lowest BCUT2D eigenvalue weighted by Crippen LogP contribution is -2.54. The van der Waals surface area contributed by atoms with Gasteiger partial charge in [0.1, 0.15) is 11.4 Å². The van der Waals surface area contributed by atoms with E-state index in [9.17, 15) is 0 Å². The summed E-state index contributed by atoms with van der Waals surface area (Å²) < 4.78 is 6.22. The number of ether oxygens (including phenoxy) is 1. The number of benzene rings is 1. The van der Waals surface area contributed by atoms with Gasteiger partial charge in [-0.3, -0.25) is 10.3 Å². The number of likely N-dealkylation sites (N-methyl/N-ethyl adjacent to an activating group) is 1. The highest BCUT2D eigenvalue weighted by molar-refractivity contribution is 6.13. The van der Waals surface area contributed by atoms with Crippen molar-refractivity contribution >= 4 is 11.6 Å². The Morgan fingerprint density at radius 2 is 1.93 bits per heavy atom. The molecule has 1 atom stereocenters. The fourth-order valence-electron chi connectivity index (χ4n) is 3.92. The number of nitrogens with two attached hydrogens (primary N) is 1. The second kappa shape index (κ2) is 8.26. The standard InChI is InChI=1S/C22H32N4O/c1-5-25-21-19(15(2)23)26-20(22(3,24-4)27-21)18-13-11-17(12-14-18)16-9-7-6-8-10-16/h11-14,16,24H,5-10,23H2,1-4H3/b19-15-,25-21?. The first-order chi connectivity index (χ1) is 13.0. The van der Waals surface area contributed by atoms with E-state index in [0.29, 0.717) is 29.8 Å². The van der Waals surface area contributed by atoms with Crippen molar-refractivity contribution in [3.05, 3.63) is 46.8 Å². The van der Waals surface area contributed by atoms with Crippen LogP contribution in [0.5, 0.6) is 0 Å². The number of nitrogens with one attached hydrogen (secondary N) is 1. The quantitative estimate of drug-likeness (QED) is 0.840. The molecule has 1 heterocycles. The summed E-state index contributed by atoms with van der Waals surface area (Å²) in [5.74, 6) is 1.19. The fraction of sp³-hybridized carbons (Fsp3) is 0.545. The molecular formula is C22H32N4O. The maximum Gasteiger partial charge on any atom is 0.239 e. The summed E-state index contributed by atoms with van der Waals surface area (Å²) in [5, 5.41) is 3.26. The Labute approximate surface area is 162 Å². The average Bonchev–Trinajstić information content (AvgIpc) is 2.69. The summed E-state index contributed by atoms with van der Waals surface area (Å²) in [6.45, 7) is 6.40. The molecule has 1 aromatic rings. The molecule has 1 aliphatic carbocycles. The summed E-state index contributed by atoms with van der Waals surface area (Å²) >= 11 is 0. The Bertz CT molecular complexity index is 753. The normalized spacial score (nSPS) is 27.3. The van der Waals surface area contributed by atoms with Crippen molar-refractivity contribution in [2.24, 2.45) is 15.7 Å². The molecule has 0 aromatic heterocycles. The van der Waals surface area contributed by atoms with Crippen molar-refractivity contribution in [3.63, 3.8) is 0 Å². The van der Waals surface area contributed by atoms with Crippen molar-refractivity contribution in [3.8, 4) is 0 Å². The molecule has 1 aromatic carbocycles. The van der Waals surface area contributed by atoms with Gasteiger partial charge in [0, 0.05) is 17.8 Å². The summed E-state index contributed by atoms with van der Waals surface area (Å²) in [7, 11) is 1.87. The molecule has 2 aliphatic rings. The smallest absolute Gasteiger partial charge is 0.239 e. The molecular weight excluding hydrogens is 336 g/mol. The minimum atomic E-state index is -0.751. The zero-order valence-corrected chi connectivity index (χ0v) is 17.0. The summed E-state index contributed by atoms with van der Waals surface area (Å²) in [4.78, 5) is 9.31. The molecule has 1 saturated carbocycles. The SMILES string of the molecule is CCN=C1OC(C)(NC)C(c2ccc(C3CCCCC3)cc2)=N/C1=C(/C)N. The Morgan fingerprint density at radius 1 is 1.26 bits per heavy atom. The van der Waals surface area contributed by atoms with Gasteiger partial charge in [-0.2, -0.15) is 0 Å². The van der Waals surface area contributed by atoms with E-state index < -0.39 is 5.72 Å². The van der Waals surface area contributed by atoms with Crippen LogP contribution in [-0.4, -0.2) is 30.9 Å². The third-order valence-corrected chi connectivity index (χ3v) is 5.59. The lowest BCUT2D eigenvalue weighted by Gasteiger charge is -2.36. The highest BCUT2D eigenvalue weighted by atomic mass is 16.5. The predicted molar refractivity (Wildman–Crippen MR) is 112 cm³/mol. The van der Waals surface area contributed by atoms with Gasteiger partial charge in [-0.05, 0) is 52.1 Å². The van der Waals surface area contributed by atoms with E-state index in [-0.39, 0.29) is 0 Å². The molecule has 0 amide bonds. The van der Waals surface area contributed by atoms with E-state index in [0.717, 1.165) is 11.3 Å². The van der Waals surface area contributed by atoms with Crippen molar-refractivity contribution in [1.82, 2.24) is 5.32 Å². The van der Waals surface area contributed by atoms with Gasteiger partial charge in [0.2, 0.25) is 11.6 Å². The first-order valence-electron chi connectivity index (χ1n) is 10.1. The van der Waals surface area contributed by atoms with Crippen LogP contribution in [0.2, 0.25) is 0 Å². The second-order valence-corrected chi connectivity index (χ2v) is 7.61. The summed E-state index contributed by atoms with van der Waals surface area (Å²) in [5.41, 5.74) is 9.85. The molecule has 0 saturated heterocycles. The summed E-state index contributed by atoms with van der Waals surface area (Å²) in [6.07, 6.45) is 6.66. The van der Waals surface area contributed by atoms with E-state index in [1.54, 1.807) is 0 Å². The highest BCUT2D eigenvalue weighted by Gasteiger charge is 2.39. The van der Waals surface area contributed by atoms with Gasteiger partial charge in [0.15, 0.2) is 0 Å². The third kappa shape index (κ3) is 4.08. The van der Waals surface area contributed by atoms with Crippen LogP contribution in [0, 0.1) is 0 Å². The van der Waals surface area contributed by atoms with Gasteiger partial charge in [-0.15, -0.1) is 0 Å². The number of rotatable bonds is 4. The third-order valence-electron chi connectivity index (χ3n) is 5.59. The molecule has 0 spiro atoms. The van der Waals surface area contributed by atoms with E-state index in [1.807, 2.05) is 27.8 Å². The van der Waals surface area contributed by atoms with Crippen LogP contribution in [0.4, 0.5) is 0 Å². The second-order valence-electron chi connectivity index (χ2n) is 7.61. The maximum absolute atomic E-state index is 6.22. The largest absolute Gasteiger partial charge is 0.449 e. The Kier molecular flexibility index (Phi) is 6.00. The van der Waals surface area contributed by atoms with Crippen molar-refractivity contribution < 1.29 is 4.74 Å². The molecule has 3 rings (SSSR count). The van der Waals surface area contributed by atoms with Gasteiger partial charge < -0.3 is 10.5 Å². The van der Waals surface area contributed by atoms with Crippen LogP contribution >= 0.6 is 0 Å². The van der Waals surface area contributed by atoms with Crippen LogP contribution in [-0.2, 0) is 4.74 Å². The zero-order valence-electron chi connectivity index (χ0n) is 17.0. The molecule has 3 N–H and O–H groups in total. The van der Waals surface area contributed by atoms with Crippen molar-refractivity contribution in [1.29, 1.82) is 0 Å². The first kappa shape index (κ1) is 19.6. The van der Waals surface area contributed by atoms with Gasteiger partial charge >= 0.3 is 0 Å². The van der Waals surface area contributed by atoms with Gasteiger partial charge in [0.05, 0.1) is 0 Å². The molecule has 1 aliphatic heterocycles. The van der Waals surface area contributed by atoms with Crippen molar-refractivity contribution in [2.75, 3.05) is 13.6 Å². The fourth-order valence-corrected chi connectivity index (χ4v) is 3.92. The van der Waals surface area contributed by atoms with E-state index in [2.05, 4.69) is 34.6 Å². The maximum atomic E-state index is 6.22. The number of allylic oxidation sites excluding steroid dienone is 1. The molecule has 146 valence electrons. The van der Waals surface area contributed by atoms with Crippen LogP contribution in [0.25, 0.3) is 0 Å². The van der Waals surface area contributed by atoms with Crippen molar-refractivity contribution in [2.45, 2.75) is 64.5 Å². The molecule has 0 radical (unpaired) electrons. The molecule has 1 fully saturated rings. The number of hydrogen-bond acceptors (Lipinski definition) is 5. The van der Waals surface area contributed by atoms with Crippen LogP contribution in [0.1, 0.15) is 69.9 Å². The number of nitrogens with zero attached hydrogens (tertiary/aromatic N) is 2. The first-order valence-corrected chi connectivity index (χ1v) is 10.1. The monoisotopic (exact) mass is 368 g/mol.